The molecule has 0 unspecified atom stereocenters. The molecule has 0 saturated carbocycles. The quantitative estimate of drug-likeness (QED) is 0.815. The number of thiazole rings is 1. The van der Waals surface area contributed by atoms with E-state index in [9.17, 15) is 13.2 Å². The maximum atomic E-state index is 12.7. The number of benzene rings is 1. The highest BCUT2D eigenvalue weighted by atomic mass is 32.2. The maximum Gasteiger partial charge on any atom is 0.321 e. The largest absolute Gasteiger partial charge is 0.336 e. The second kappa shape index (κ2) is 7.73. The van der Waals surface area contributed by atoms with E-state index < -0.39 is 10.0 Å². The molecule has 7 nitrogen and oxygen atoms in total. The van der Waals surface area contributed by atoms with E-state index in [-0.39, 0.29) is 17.8 Å². The number of aromatic nitrogens is 1. The normalized spacial score (nSPS) is 14.9. The smallest absolute Gasteiger partial charge is 0.321 e. The fourth-order valence-electron chi connectivity index (χ4n) is 2.73. The van der Waals surface area contributed by atoms with Crippen LogP contribution in [-0.4, -0.2) is 36.3 Å². The third kappa shape index (κ3) is 4.60. The molecule has 0 aliphatic carbocycles. The first-order valence-electron chi connectivity index (χ1n) is 8.41. The van der Waals surface area contributed by atoms with Gasteiger partial charge in [-0.15, -0.1) is 0 Å². The van der Waals surface area contributed by atoms with Gasteiger partial charge in [0.05, 0.1) is 11.4 Å². The number of sulfonamides is 1. The fraction of sp³-hybridized carbons (Fsp3) is 0.412. The Bertz CT molecular complexity index is 879. The number of urea groups is 1. The zero-order valence-corrected chi connectivity index (χ0v) is 16.4. The lowest BCUT2D eigenvalue weighted by Gasteiger charge is -2.25. The van der Waals surface area contributed by atoms with Gasteiger partial charge in [-0.2, -0.15) is 4.31 Å². The van der Waals surface area contributed by atoms with Crippen LogP contribution in [0.15, 0.2) is 30.3 Å². The molecule has 1 aromatic carbocycles. The third-order valence-electron chi connectivity index (χ3n) is 3.92. The van der Waals surface area contributed by atoms with Crippen molar-refractivity contribution < 1.29 is 13.2 Å². The molecule has 2 heterocycles. The van der Waals surface area contributed by atoms with Crippen LogP contribution in [0.4, 0.5) is 9.93 Å². The SMILES string of the molecule is CC(C)NC(=O)Nc1nc2c(s1)CN(S(=O)(=O)Cc1ccccc1)CC2. The molecule has 0 spiro atoms. The van der Waals surface area contributed by atoms with Crippen molar-refractivity contribution >= 4 is 32.5 Å². The molecule has 1 aliphatic rings. The number of hydrogen-bond donors (Lipinski definition) is 2. The molecule has 26 heavy (non-hydrogen) atoms. The molecule has 140 valence electrons. The Hall–Kier alpha value is -1.97. The maximum absolute atomic E-state index is 12.7. The van der Waals surface area contributed by atoms with Crippen molar-refractivity contribution in [2.24, 2.45) is 0 Å². The number of carbonyl (C=O) groups excluding carboxylic acids is 1. The predicted octanol–water partition coefficient (Wildman–Crippen LogP) is 2.56. The summed E-state index contributed by atoms with van der Waals surface area (Å²) >= 11 is 1.33. The molecule has 0 saturated heterocycles. The average Bonchev–Trinajstić information content (AvgIpc) is 2.95. The Kier molecular flexibility index (Phi) is 5.59. The van der Waals surface area contributed by atoms with Crippen molar-refractivity contribution in [3.05, 3.63) is 46.5 Å². The molecule has 2 amide bonds. The van der Waals surface area contributed by atoms with E-state index in [2.05, 4.69) is 15.6 Å². The Morgan fingerprint density at radius 1 is 1.31 bits per heavy atom. The van der Waals surface area contributed by atoms with Crippen molar-refractivity contribution in [2.45, 2.75) is 38.6 Å². The van der Waals surface area contributed by atoms with Crippen LogP contribution in [0.25, 0.3) is 0 Å². The van der Waals surface area contributed by atoms with Crippen molar-refractivity contribution in [1.29, 1.82) is 0 Å². The molecule has 0 bridgehead atoms. The molecule has 0 fully saturated rings. The molecule has 3 rings (SSSR count). The highest BCUT2D eigenvalue weighted by molar-refractivity contribution is 7.88. The number of anilines is 1. The summed E-state index contributed by atoms with van der Waals surface area (Å²) in [5, 5.41) is 5.95. The number of nitrogens with one attached hydrogen (secondary N) is 2. The molecule has 9 heteroatoms. The van der Waals surface area contributed by atoms with Gasteiger partial charge in [0.2, 0.25) is 10.0 Å². The van der Waals surface area contributed by atoms with Crippen molar-refractivity contribution in [1.82, 2.24) is 14.6 Å². The van der Waals surface area contributed by atoms with Crippen LogP contribution < -0.4 is 10.6 Å². The first-order valence-corrected chi connectivity index (χ1v) is 10.8. The number of carbonyl (C=O) groups is 1. The van der Waals surface area contributed by atoms with Gasteiger partial charge in [-0.1, -0.05) is 41.7 Å². The Morgan fingerprint density at radius 2 is 2.04 bits per heavy atom. The molecule has 0 radical (unpaired) electrons. The van der Waals surface area contributed by atoms with Crippen molar-refractivity contribution in [3.8, 4) is 0 Å². The molecule has 1 aromatic heterocycles. The Labute approximate surface area is 157 Å². The number of amides is 2. The van der Waals surface area contributed by atoms with E-state index in [0.29, 0.717) is 24.6 Å². The summed E-state index contributed by atoms with van der Waals surface area (Å²) in [6.07, 6.45) is 0.549. The summed E-state index contributed by atoms with van der Waals surface area (Å²) in [5.41, 5.74) is 1.64. The minimum absolute atomic E-state index is 0.0100. The first kappa shape index (κ1) is 18.8. The Balaban J connectivity index is 1.68. The highest BCUT2D eigenvalue weighted by Gasteiger charge is 2.29. The van der Waals surface area contributed by atoms with E-state index in [1.807, 2.05) is 44.2 Å². The first-order chi connectivity index (χ1) is 12.3. The van der Waals surface area contributed by atoms with Crippen LogP contribution in [-0.2, 0) is 28.7 Å². The van der Waals surface area contributed by atoms with Crippen molar-refractivity contribution in [2.75, 3.05) is 11.9 Å². The summed E-state index contributed by atoms with van der Waals surface area (Å²) in [4.78, 5) is 17.1. The van der Waals surface area contributed by atoms with Gasteiger partial charge >= 0.3 is 6.03 Å². The summed E-state index contributed by atoms with van der Waals surface area (Å²) < 4.78 is 26.9. The predicted molar refractivity (Wildman–Crippen MR) is 103 cm³/mol. The van der Waals surface area contributed by atoms with Crippen LogP contribution in [0.5, 0.6) is 0 Å². The average molecular weight is 395 g/mol. The van der Waals surface area contributed by atoms with E-state index in [1.54, 1.807) is 0 Å². The summed E-state index contributed by atoms with van der Waals surface area (Å²) in [6.45, 7) is 4.46. The molecule has 0 atom stereocenters. The molecular weight excluding hydrogens is 372 g/mol. The van der Waals surface area contributed by atoms with Crippen LogP contribution in [0.3, 0.4) is 0 Å². The third-order valence-corrected chi connectivity index (χ3v) is 6.72. The van der Waals surface area contributed by atoms with E-state index in [0.717, 1.165) is 16.1 Å². The summed E-state index contributed by atoms with van der Waals surface area (Å²) in [7, 11) is -3.40. The summed E-state index contributed by atoms with van der Waals surface area (Å²) in [6, 6.07) is 8.89. The summed E-state index contributed by atoms with van der Waals surface area (Å²) in [5.74, 6) is -0.0100. The lowest BCUT2D eigenvalue weighted by Crippen LogP contribution is -2.36. The van der Waals surface area contributed by atoms with Gasteiger partial charge in [-0.05, 0) is 19.4 Å². The second-order valence-electron chi connectivity index (χ2n) is 6.47. The minimum atomic E-state index is -3.40. The monoisotopic (exact) mass is 394 g/mol. The molecular formula is C17H22N4O3S2. The van der Waals surface area contributed by atoms with Gasteiger partial charge < -0.3 is 5.32 Å². The zero-order valence-electron chi connectivity index (χ0n) is 14.7. The van der Waals surface area contributed by atoms with Gasteiger partial charge in [-0.3, -0.25) is 5.32 Å². The minimum Gasteiger partial charge on any atom is -0.336 e. The zero-order chi connectivity index (χ0) is 18.7. The van der Waals surface area contributed by atoms with E-state index >= 15 is 0 Å². The Morgan fingerprint density at radius 3 is 2.73 bits per heavy atom. The topological polar surface area (TPSA) is 91.4 Å². The number of rotatable bonds is 5. The lowest BCUT2D eigenvalue weighted by atomic mass is 10.2. The molecule has 1 aliphatic heterocycles. The molecule has 2 aromatic rings. The van der Waals surface area contributed by atoms with Gasteiger partial charge in [-0.25, -0.2) is 18.2 Å². The number of nitrogens with zero attached hydrogens (tertiary/aromatic N) is 2. The standard InChI is InChI=1S/C17H22N4O3S2/c1-12(2)18-16(22)20-17-19-14-8-9-21(10-15(14)25-17)26(23,24)11-13-6-4-3-5-7-13/h3-7,12H,8-11H2,1-2H3,(H2,18,19,20,22). The number of hydrogen-bond acceptors (Lipinski definition) is 5. The lowest BCUT2D eigenvalue weighted by molar-refractivity contribution is 0.250. The van der Waals surface area contributed by atoms with Crippen LogP contribution in [0.2, 0.25) is 0 Å². The highest BCUT2D eigenvalue weighted by Crippen LogP contribution is 2.30. The van der Waals surface area contributed by atoms with Gasteiger partial charge in [0, 0.05) is 30.4 Å². The van der Waals surface area contributed by atoms with Crippen LogP contribution >= 0.6 is 11.3 Å². The second-order valence-corrected chi connectivity index (χ2v) is 9.52. The van der Waals surface area contributed by atoms with Crippen molar-refractivity contribution in [3.63, 3.8) is 0 Å². The van der Waals surface area contributed by atoms with Crippen LogP contribution in [0, 0.1) is 0 Å². The van der Waals surface area contributed by atoms with Gasteiger partial charge in [0.15, 0.2) is 5.13 Å². The fourth-order valence-corrected chi connectivity index (χ4v) is 5.33. The van der Waals surface area contributed by atoms with E-state index in [1.165, 1.54) is 15.6 Å². The number of fused-ring (bicyclic) bond motifs is 1. The van der Waals surface area contributed by atoms with Gasteiger partial charge in [0.1, 0.15) is 0 Å². The van der Waals surface area contributed by atoms with E-state index in [4.69, 9.17) is 0 Å². The molecule has 2 N–H and O–H groups in total. The van der Waals surface area contributed by atoms with Crippen LogP contribution in [0.1, 0.15) is 30.0 Å². The van der Waals surface area contributed by atoms with Gasteiger partial charge in [0.25, 0.3) is 0 Å².